The fourth-order valence-electron chi connectivity index (χ4n) is 1.54. The van der Waals surface area contributed by atoms with Gasteiger partial charge in [0.15, 0.2) is 0 Å². The highest BCUT2D eigenvalue weighted by molar-refractivity contribution is 14.1. The molecule has 0 spiro atoms. The van der Waals surface area contributed by atoms with Gasteiger partial charge in [-0.05, 0) is 68.2 Å². The van der Waals surface area contributed by atoms with Crippen LogP contribution in [0.2, 0.25) is 0 Å². The van der Waals surface area contributed by atoms with Crippen LogP contribution in [-0.2, 0) is 0 Å². The van der Waals surface area contributed by atoms with Crippen molar-refractivity contribution < 1.29 is 4.79 Å². The Balaban J connectivity index is 2.16. The molecule has 0 aliphatic carbocycles. The maximum absolute atomic E-state index is 11.7. The molecule has 0 unspecified atom stereocenters. The molecule has 100 valence electrons. The molecule has 1 aromatic rings. The fourth-order valence-corrected chi connectivity index (χ4v) is 1.86. The number of hydrogen-bond donors (Lipinski definition) is 1. The molecular formula is C13H20IN3O. The van der Waals surface area contributed by atoms with E-state index in [9.17, 15) is 4.79 Å². The molecule has 1 aromatic heterocycles. The third kappa shape index (κ3) is 6.30. The molecule has 5 heteroatoms. The molecule has 0 aromatic carbocycles. The minimum Gasteiger partial charge on any atom is -0.352 e. The van der Waals surface area contributed by atoms with Crippen LogP contribution < -0.4 is 5.32 Å². The summed E-state index contributed by atoms with van der Waals surface area (Å²) >= 11 is 2.12. The normalized spacial score (nSPS) is 10.7. The minimum atomic E-state index is -0.0356. The third-order valence-corrected chi connectivity index (χ3v) is 3.20. The molecule has 0 saturated carbocycles. The maximum Gasteiger partial charge on any atom is 0.252 e. The highest BCUT2D eigenvalue weighted by atomic mass is 123. The van der Waals surface area contributed by atoms with Crippen LogP contribution in [0.15, 0.2) is 18.3 Å². The van der Waals surface area contributed by atoms with Gasteiger partial charge in [0.2, 0.25) is 0 Å². The number of halogens is 1. The van der Waals surface area contributed by atoms with Crippen LogP contribution in [0.4, 0.5) is 0 Å². The number of aromatic nitrogens is 1. The second-order valence-electron chi connectivity index (χ2n) is 4.49. The SMILES string of the molecule is CN(C)CCCCCNC(=O)c1ccc([123I])nc1. The van der Waals surface area contributed by atoms with E-state index in [2.05, 4.69) is 51.9 Å². The van der Waals surface area contributed by atoms with E-state index in [1.165, 1.54) is 6.42 Å². The molecule has 0 aliphatic rings. The predicted molar refractivity (Wildman–Crippen MR) is 81.7 cm³/mol. The zero-order valence-electron chi connectivity index (χ0n) is 10.9. The van der Waals surface area contributed by atoms with Gasteiger partial charge in [-0.3, -0.25) is 4.79 Å². The molecular weight excluding hydrogens is 337 g/mol. The minimum absolute atomic E-state index is 0.0356. The molecule has 0 aliphatic heterocycles. The van der Waals surface area contributed by atoms with Crippen molar-refractivity contribution in [3.05, 3.63) is 27.6 Å². The Labute approximate surface area is 122 Å². The molecule has 1 N–H and O–H groups in total. The number of pyridine rings is 1. The van der Waals surface area contributed by atoms with Gasteiger partial charge in [0, 0.05) is 12.7 Å². The number of carbonyl (C=O) groups is 1. The quantitative estimate of drug-likeness (QED) is 0.462. The number of carbonyl (C=O) groups excluding carboxylic acids is 1. The van der Waals surface area contributed by atoms with E-state index in [1.807, 2.05) is 6.07 Å². The first-order valence-electron chi connectivity index (χ1n) is 6.14. The van der Waals surface area contributed by atoms with Crippen molar-refractivity contribution in [3.63, 3.8) is 0 Å². The summed E-state index contributed by atoms with van der Waals surface area (Å²) in [7, 11) is 4.15. The Morgan fingerprint density at radius 3 is 2.72 bits per heavy atom. The molecule has 0 saturated heterocycles. The van der Waals surface area contributed by atoms with Crippen LogP contribution >= 0.6 is 22.6 Å². The number of unbranched alkanes of at least 4 members (excludes halogenated alkanes) is 2. The average Bonchev–Trinajstić information content (AvgIpc) is 2.34. The lowest BCUT2D eigenvalue weighted by molar-refractivity contribution is 0.0952. The topological polar surface area (TPSA) is 45.2 Å². The fraction of sp³-hybridized carbons (Fsp3) is 0.538. The summed E-state index contributed by atoms with van der Waals surface area (Å²) in [5, 5.41) is 2.91. The van der Waals surface area contributed by atoms with Crippen molar-refractivity contribution in [1.29, 1.82) is 0 Å². The highest BCUT2D eigenvalue weighted by Crippen LogP contribution is 2.03. The van der Waals surface area contributed by atoms with E-state index in [0.29, 0.717) is 5.56 Å². The first-order valence-corrected chi connectivity index (χ1v) is 7.22. The van der Waals surface area contributed by atoms with Crippen LogP contribution in [0.25, 0.3) is 0 Å². The van der Waals surface area contributed by atoms with Crippen molar-refractivity contribution in [2.75, 3.05) is 27.2 Å². The first kappa shape index (κ1) is 15.4. The lowest BCUT2D eigenvalue weighted by Crippen LogP contribution is -2.24. The summed E-state index contributed by atoms with van der Waals surface area (Å²) in [5.41, 5.74) is 0.628. The maximum atomic E-state index is 11.7. The van der Waals surface area contributed by atoms with Crippen LogP contribution in [0, 0.1) is 3.70 Å². The molecule has 4 nitrogen and oxygen atoms in total. The van der Waals surface area contributed by atoms with Gasteiger partial charge in [0.1, 0.15) is 3.70 Å². The molecule has 0 fully saturated rings. The second-order valence-corrected chi connectivity index (χ2v) is 5.59. The molecule has 1 amide bonds. The Morgan fingerprint density at radius 1 is 1.33 bits per heavy atom. The van der Waals surface area contributed by atoms with Gasteiger partial charge >= 0.3 is 0 Å². The lowest BCUT2D eigenvalue weighted by Gasteiger charge is -2.09. The van der Waals surface area contributed by atoms with Crippen LogP contribution in [0.1, 0.15) is 29.6 Å². The van der Waals surface area contributed by atoms with E-state index >= 15 is 0 Å². The Morgan fingerprint density at radius 2 is 2.11 bits per heavy atom. The molecule has 0 radical (unpaired) electrons. The Kier molecular flexibility index (Phi) is 7.19. The van der Waals surface area contributed by atoms with Gasteiger partial charge in [0.05, 0.1) is 5.56 Å². The van der Waals surface area contributed by atoms with Gasteiger partial charge in [-0.25, -0.2) is 4.98 Å². The zero-order chi connectivity index (χ0) is 13.4. The largest absolute Gasteiger partial charge is 0.352 e. The van der Waals surface area contributed by atoms with E-state index in [0.717, 1.165) is 29.6 Å². The summed E-state index contributed by atoms with van der Waals surface area (Å²) in [6.07, 6.45) is 4.96. The summed E-state index contributed by atoms with van der Waals surface area (Å²) in [6, 6.07) is 3.64. The monoisotopic (exact) mass is 357 g/mol. The molecule has 0 bridgehead atoms. The average molecular weight is 357 g/mol. The molecule has 1 rings (SSSR count). The van der Waals surface area contributed by atoms with Gasteiger partial charge in [-0.15, -0.1) is 0 Å². The smallest absolute Gasteiger partial charge is 0.252 e. The summed E-state index contributed by atoms with van der Waals surface area (Å²) in [6.45, 7) is 1.84. The van der Waals surface area contributed by atoms with E-state index < -0.39 is 0 Å². The Hall–Kier alpha value is -0.690. The number of amides is 1. The number of nitrogens with one attached hydrogen (secondary N) is 1. The van der Waals surface area contributed by atoms with E-state index in [1.54, 1.807) is 12.3 Å². The lowest BCUT2D eigenvalue weighted by atomic mass is 10.2. The van der Waals surface area contributed by atoms with Crippen molar-refractivity contribution in [2.24, 2.45) is 0 Å². The molecule has 0 atom stereocenters. The second kappa shape index (κ2) is 8.42. The van der Waals surface area contributed by atoms with Gasteiger partial charge in [-0.1, -0.05) is 6.42 Å². The van der Waals surface area contributed by atoms with Crippen LogP contribution in [0.3, 0.4) is 0 Å². The van der Waals surface area contributed by atoms with Gasteiger partial charge in [-0.2, -0.15) is 0 Å². The predicted octanol–water partition coefficient (Wildman–Crippen LogP) is 2.15. The summed E-state index contributed by atoms with van der Waals surface area (Å²) in [5.74, 6) is -0.0356. The van der Waals surface area contributed by atoms with Gasteiger partial charge in [0.25, 0.3) is 5.91 Å². The van der Waals surface area contributed by atoms with Crippen molar-refractivity contribution in [2.45, 2.75) is 19.3 Å². The van der Waals surface area contributed by atoms with Crippen LogP contribution in [0.5, 0.6) is 0 Å². The highest BCUT2D eigenvalue weighted by Gasteiger charge is 2.04. The van der Waals surface area contributed by atoms with Gasteiger partial charge < -0.3 is 10.2 Å². The number of nitrogens with zero attached hydrogens (tertiary/aromatic N) is 2. The first-order chi connectivity index (χ1) is 8.59. The summed E-state index contributed by atoms with van der Waals surface area (Å²) < 4.78 is 0.896. The van der Waals surface area contributed by atoms with Crippen molar-refractivity contribution in [1.82, 2.24) is 15.2 Å². The summed E-state index contributed by atoms with van der Waals surface area (Å²) in [4.78, 5) is 18.0. The van der Waals surface area contributed by atoms with E-state index in [4.69, 9.17) is 0 Å². The number of rotatable bonds is 7. The third-order valence-electron chi connectivity index (χ3n) is 2.56. The van der Waals surface area contributed by atoms with Crippen molar-refractivity contribution in [3.8, 4) is 0 Å². The van der Waals surface area contributed by atoms with E-state index in [-0.39, 0.29) is 5.91 Å². The number of hydrogen-bond acceptors (Lipinski definition) is 3. The van der Waals surface area contributed by atoms with Crippen molar-refractivity contribution >= 4 is 28.5 Å². The Bertz CT molecular complexity index is 365. The van der Waals surface area contributed by atoms with Crippen LogP contribution in [-0.4, -0.2) is 43.0 Å². The standard InChI is InChI=1S/C13H20IN3O/c1-17(2)9-5-3-4-8-15-13(18)11-6-7-12(14)16-10-11/h6-7,10H,3-5,8-9H2,1-2H3,(H,15,18)/i14-4. The zero-order valence-corrected chi connectivity index (χ0v) is 13.1. The molecule has 18 heavy (non-hydrogen) atoms. The molecule has 1 heterocycles.